The molecule has 2 aliphatic heterocycles. The smallest absolute Gasteiger partial charge is 0.317 e. The fourth-order valence-electron chi connectivity index (χ4n) is 1.19. The molecule has 1 N–H and O–H groups in total. The summed E-state index contributed by atoms with van der Waals surface area (Å²) in [4.78, 5) is 12.5. The van der Waals surface area contributed by atoms with E-state index in [0.29, 0.717) is 6.17 Å². The van der Waals surface area contributed by atoms with Crippen LogP contribution < -0.4 is 5.32 Å². The number of nitrogens with zero attached hydrogens (tertiary/aromatic N) is 1. The number of hydrogen-bond donors (Lipinski definition) is 1. The van der Waals surface area contributed by atoms with Crippen molar-refractivity contribution in [2.75, 3.05) is 6.54 Å². The van der Waals surface area contributed by atoms with Gasteiger partial charge in [0, 0.05) is 13.0 Å². The van der Waals surface area contributed by atoms with E-state index in [2.05, 4.69) is 11.4 Å². The molecule has 2 heterocycles. The van der Waals surface area contributed by atoms with Crippen molar-refractivity contribution in [2.24, 2.45) is 0 Å². The average Bonchev–Trinajstić information content (AvgIpc) is 1.86. The van der Waals surface area contributed by atoms with Crippen LogP contribution in [0.4, 0.5) is 4.79 Å². The van der Waals surface area contributed by atoms with Crippen molar-refractivity contribution in [1.82, 2.24) is 10.2 Å². The van der Waals surface area contributed by atoms with E-state index in [1.807, 2.05) is 11.0 Å². The molecular weight excluding hydrogens is 116 g/mol. The first-order valence-corrected chi connectivity index (χ1v) is 3.10. The fraction of sp³-hybridized carbons (Fsp3) is 0.500. The van der Waals surface area contributed by atoms with E-state index in [0.717, 1.165) is 13.0 Å². The molecule has 0 bridgehead atoms. The van der Waals surface area contributed by atoms with Crippen molar-refractivity contribution in [3.8, 4) is 0 Å². The fourth-order valence-corrected chi connectivity index (χ4v) is 1.19. The van der Waals surface area contributed by atoms with Gasteiger partial charge in [-0.3, -0.25) is 0 Å². The number of hydrogen-bond acceptors (Lipinski definition) is 1. The van der Waals surface area contributed by atoms with Gasteiger partial charge in [0.25, 0.3) is 0 Å². The van der Waals surface area contributed by atoms with Gasteiger partial charge in [-0.05, 0) is 0 Å². The zero-order valence-electron chi connectivity index (χ0n) is 5.00. The van der Waals surface area contributed by atoms with Crippen LogP contribution in [0, 0.1) is 0 Å². The van der Waals surface area contributed by atoms with Crippen molar-refractivity contribution in [3.63, 3.8) is 0 Å². The molecule has 48 valence electrons. The Bertz CT molecular complexity index is 176. The molecule has 1 atom stereocenters. The second-order valence-electron chi connectivity index (χ2n) is 2.32. The third-order valence-corrected chi connectivity index (χ3v) is 1.76. The van der Waals surface area contributed by atoms with Crippen LogP contribution in [0.25, 0.3) is 0 Å². The second-order valence-corrected chi connectivity index (χ2v) is 2.32. The van der Waals surface area contributed by atoms with Crippen LogP contribution in [0.3, 0.4) is 0 Å². The third-order valence-electron chi connectivity index (χ3n) is 1.76. The molecule has 2 aliphatic rings. The monoisotopic (exact) mass is 124 g/mol. The first-order chi connectivity index (χ1) is 4.38. The minimum absolute atomic E-state index is 0.0735. The molecule has 0 aromatic rings. The van der Waals surface area contributed by atoms with Crippen LogP contribution >= 0.6 is 0 Å². The number of amides is 2. The molecule has 0 spiro atoms. The SMILES string of the molecule is O=C1N[C@@H]2CC=CCN12. The lowest BCUT2D eigenvalue weighted by Gasteiger charge is -2.42. The van der Waals surface area contributed by atoms with Gasteiger partial charge in [0.05, 0.1) is 0 Å². The largest absolute Gasteiger partial charge is 0.320 e. The predicted molar refractivity (Wildman–Crippen MR) is 32.8 cm³/mol. The van der Waals surface area contributed by atoms with Crippen LogP contribution in [0.15, 0.2) is 12.2 Å². The van der Waals surface area contributed by atoms with Crippen molar-refractivity contribution in [3.05, 3.63) is 12.2 Å². The number of carbonyl (C=O) groups excluding carboxylic acids is 1. The van der Waals surface area contributed by atoms with Crippen LogP contribution in [-0.2, 0) is 0 Å². The molecule has 0 saturated carbocycles. The van der Waals surface area contributed by atoms with Crippen LogP contribution in [-0.4, -0.2) is 23.6 Å². The third kappa shape index (κ3) is 0.542. The highest BCUT2D eigenvalue weighted by atomic mass is 16.2. The zero-order chi connectivity index (χ0) is 6.27. The van der Waals surface area contributed by atoms with Crippen molar-refractivity contribution in [1.29, 1.82) is 0 Å². The molecule has 0 aliphatic carbocycles. The maximum Gasteiger partial charge on any atom is 0.320 e. The minimum Gasteiger partial charge on any atom is -0.317 e. The predicted octanol–water partition coefficient (Wildman–Crippen LogP) is 0.298. The standard InChI is InChI=1S/C6H8N2O/c9-6-7-5-3-1-2-4-8(5)6/h1-2,5H,3-4H2,(H,7,9)/t5-/m0/s1. The van der Waals surface area contributed by atoms with Crippen molar-refractivity contribution >= 4 is 6.03 Å². The Morgan fingerprint density at radius 2 is 2.56 bits per heavy atom. The summed E-state index contributed by atoms with van der Waals surface area (Å²) in [7, 11) is 0. The summed E-state index contributed by atoms with van der Waals surface area (Å²) in [5.74, 6) is 0. The van der Waals surface area contributed by atoms with Crippen LogP contribution in [0.5, 0.6) is 0 Å². The number of urea groups is 1. The first kappa shape index (κ1) is 4.85. The topological polar surface area (TPSA) is 32.3 Å². The number of rotatable bonds is 0. The van der Waals surface area contributed by atoms with Gasteiger partial charge in [0.2, 0.25) is 0 Å². The molecule has 1 saturated heterocycles. The highest BCUT2D eigenvalue weighted by Gasteiger charge is 2.34. The van der Waals surface area contributed by atoms with E-state index < -0.39 is 0 Å². The highest BCUT2D eigenvalue weighted by Crippen LogP contribution is 2.15. The molecule has 2 amide bonds. The summed E-state index contributed by atoms with van der Waals surface area (Å²) in [5.41, 5.74) is 0. The summed E-state index contributed by atoms with van der Waals surface area (Å²) in [6, 6.07) is 0.0735. The number of nitrogens with one attached hydrogen (secondary N) is 1. The van der Waals surface area contributed by atoms with Gasteiger partial charge in [0.15, 0.2) is 0 Å². The lowest BCUT2D eigenvalue weighted by Crippen LogP contribution is -2.66. The molecule has 0 radical (unpaired) electrons. The summed E-state index contributed by atoms with van der Waals surface area (Å²) in [6.45, 7) is 0.788. The highest BCUT2D eigenvalue weighted by molar-refractivity contribution is 5.80. The first-order valence-electron chi connectivity index (χ1n) is 3.10. The van der Waals surface area contributed by atoms with Crippen molar-refractivity contribution in [2.45, 2.75) is 12.6 Å². The molecule has 2 rings (SSSR count). The van der Waals surface area contributed by atoms with E-state index in [9.17, 15) is 4.79 Å². The summed E-state index contributed by atoms with van der Waals surface area (Å²) < 4.78 is 0. The van der Waals surface area contributed by atoms with Gasteiger partial charge >= 0.3 is 6.03 Å². The van der Waals surface area contributed by atoms with Crippen molar-refractivity contribution < 1.29 is 4.79 Å². The molecule has 1 fully saturated rings. The van der Waals surface area contributed by atoms with Crippen LogP contribution in [0.1, 0.15) is 6.42 Å². The lowest BCUT2D eigenvalue weighted by molar-refractivity contribution is 0.112. The van der Waals surface area contributed by atoms with Gasteiger partial charge in [-0.2, -0.15) is 0 Å². The summed E-state index contributed by atoms with van der Waals surface area (Å²) in [5, 5.41) is 2.78. The van der Waals surface area contributed by atoms with Gasteiger partial charge < -0.3 is 10.2 Å². The zero-order valence-corrected chi connectivity index (χ0v) is 5.00. The Morgan fingerprint density at radius 1 is 1.67 bits per heavy atom. The van der Waals surface area contributed by atoms with E-state index >= 15 is 0 Å². The number of carbonyl (C=O) groups is 1. The van der Waals surface area contributed by atoms with Gasteiger partial charge in [-0.1, -0.05) is 12.2 Å². The Hall–Kier alpha value is -0.990. The molecule has 0 unspecified atom stereocenters. The Balaban J connectivity index is 2.12. The van der Waals surface area contributed by atoms with Gasteiger partial charge in [-0.15, -0.1) is 0 Å². The van der Waals surface area contributed by atoms with E-state index in [1.54, 1.807) is 0 Å². The maximum atomic E-state index is 10.6. The van der Waals surface area contributed by atoms with E-state index in [-0.39, 0.29) is 6.03 Å². The number of fused-ring (bicyclic) bond motifs is 1. The molecular formula is C6H8N2O. The van der Waals surface area contributed by atoms with E-state index in [4.69, 9.17) is 0 Å². The average molecular weight is 124 g/mol. The Kier molecular flexibility index (Phi) is 0.806. The Labute approximate surface area is 53.3 Å². The summed E-state index contributed by atoms with van der Waals surface area (Å²) in [6.07, 6.45) is 5.39. The molecule has 0 aromatic heterocycles. The minimum atomic E-state index is 0.0735. The molecule has 3 nitrogen and oxygen atoms in total. The summed E-state index contributed by atoms with van der Waals surface area (Å²) >= 11 is 0. The normalized spacial score (nSPS) is 30.9. The maximum absolute atomic E-state index is 10.6. The molecule has 0 aromatic carbocycles. The van der Waals surface area contributed by atoms with Gasteiger partial charge in [-0.25, -0.2) is 4.79 Å². The van der Waals surface area contributed by atoms with Gasteiger partial charge in [0.1, 0.15) is 6.17 Å². The molecule has 3 heteroatoms. The Morgan fingerprint density at radius 3 is 3.11 bits per heavy atom. The van der Waals surface area contributed by atoms with Crippen LogP contribution in [0.2, 0.25) is 0 Å². The molecule has 9 heavy (non-hydrogen) atoms. The quantitative estimate of drug-likeness (QED) is 0.463. The lowest BCUT2D eigenvalue weighted by atomic mass is 10.1. The second kappa shape index (κ2) is 1.50. The van der Waals surface area contributed by atoms with E-state index in [1.165, 1.54) is 0 Å².